The Hall–Kier alpha value is -1.81. The number of rotatable bonds is 5. The van der Waals surface area contributed by atoms with Crippen molar-refractivity contribution in [2.75, 3.05) is 7.11 Å². The van der Waals surface area contributed by atoms with Gasteiger partial charge in [-0.15, -0.1) is 0 Å². The average molecular weight is 307 g/mol. The van der Waals surface area contributed by atoms with E-state index >= 15 is 0 Å². The van der Waals surface area contributed by atoms with Gasteiger partial charge in [0.15, 0.2) is 5.78 Å². The summed E-state index contributed by atoms with van der Waals surface area (Å²) in [4.78, 5) is 12.6. The van der Waals surface area contributed by atoms with E-state index in [0.717, 1.165) is 17.0 Å². The first kappa shape index (κ1) is 15.6. The Balaban J connectivity index is 2.37. The van der Waals surface area contributed by atoms with Gasteiger partial charge in [0.05, 0.1) is 35.5 Å². The van der Waals surface area contributed by atoms with Crippen LogP contribution in [0.3, 0.4) is 0 Å². The molecule has 0 saturated carbocycles. The van der Waals surface area contributed by atoms with Crippen molar-refractivity contribution in [3.05, 3.63) is 45.7 Å². The zero-order valence-electron chi connectivity index (χ0n) is 12.7. The predicted octanol–water partition coefficient (Wildman–Crippen LogP) is 3.61. The van der Waals surface area contributed by atoms with Gasteiger partial charge in [0.25, 0.3) is 0 Å². The summed E-state index contributed by atoms with van der Waals surface area (Å²) in [7, 11) is 1.56. The molecule has 2 rings (SSSR count). The van der Waals surface area contributed by atoms with Crippen molar-refractivity contribution in [1.82, 2.24) is 9.78 Å². The topological polar surface area (TPSA) is 44.1 Å². The Labute approximate surface area is 129 Å². The highest BCUT2D eigenvalue weighted by Gasteiger charge is 2.19. The highest BCUT2D eigenvalue weighted by Crippen LogP contribution is 2.25. The maximum Gasteiger partial charge on any atom is 0.172 e. The maximum absolute atomic E-state index is 12.6. The smallest absolute Gasteiger partial charge is 0.172 e. The molecule has 0 aliphatic rings. The first-order chi connectivity index (χ1) is 9.97. The van der Waals surface area contributed by atoms with Gasteiger partial charge in [-0.3, -0.25) is 9.48 Å². The number of benzene rings is 1. The van der Waals surface area contributed by atoms with E-state index in [2.05, 4.69) is 5.10 Å². The summed E-state index contributed by atoms with van der Waals surface area (Å²) in [5, 5.41) is 4.90. The number of carbonyl (C=O) groups excluding carboxylic acids is 1. The fraction of sp³-hybridized carbons (Fsp3) is 0.375. The molecule has 1 aromatic carbocycles. The van der Waals surface area contributed by atoms with Gasteiger partial charge < -0.3 is 4.74 Å². The SMILES string of the molecule is CCn1nc(C)c(Cl)c1CC(=O)c1cc(C)ccc1OC. The summed E-state index contributed by atoms with van der Waals surface area (Å²) < 4.78 is 7.05. The third-order valence-corrected chi connectivity index (χ3v) is 3.93. The minimum Gasteiger partial charge on any atom is -0.496 e. The molecule has 1 heterocycles. The lowest BCUT2D eigenvalue weighted by Crippen LogP contribution is -2.11. The number of Topliss-reactive ketones (excluding diaryl/α,β-unsaturated/α-hetero) is 1. The van der Waals surface area contributed by atoms with Crippen molar-refractivity contribution in [2.24, 2.45) is 0 Å². The lowest BCUT2D eigenvalue weighted by atomic mass is 10.0. The Kier molecular flexibility index (Phi) is 4.68. The lowest BCUT2D eigenvalue weighted by Gasteiger charge is -2.09. The Morgan fingerprint density at radius 1 is 1.38 bits per heavy atom. The van der Waals surface area contributed by atoms with Crippen LogP contribution in [0.25, 0.3) is 0 Å². The van der Waals surface area contributed by atoms with Crippen molar-refractivity contribution in [3.63, 3.8) is 0 Å². The summed E-state index contributed by atoms with van der Waals surface area (Å²) in [6.45, 7) is 6.45. The summed E-state index contributed by atoms with van der Waals surface area (Å²) in [5.41, 5.74) is 3.10. The van der Waals surface area contributed by atoms with Crippen molar-refractivity contribution < 1.29 is 9.53 Å². The zero-order valence-corrected chi connectivity index (χ0v) is 13.5. The molecule has 21 heavy (non-hydrogen) atoms. The van der Waals surface area contributed by atoms with Crippen LogP contribution in [0.4, 0.5) is 0 Å². The van der Waals surface area contributed by atoms with E-state index in [-0.39, 0.29) is 12.2 Å². The van der Waals surface area contributed by atoms with Crippen LogP contribution in [0.15, 0.2) is 18.2 Å². The number of aromatic nitrogens is 2. The quantitative estimate of drug-likeness (QED) is 0.793. The first-order valence-corrected chi connectivity index (χ1v) is 7.25. The number of aryl methyl sites for hydroxylation is 3. The van der Waals surface area contributed by atoms with Gasteiger partial charge in [0, 0.05) is 6.54 Å². The molecule has 0 amide bonds. The molecular formula is C16H19ClN2O2. The minimum absolute atomic E-state index is 0.0212. The molecular weight excluding hydrogens is 288 g/mol. The number of methoxy groups -OCH3 is 1. The highest BCUT2D eigenvalue weighted by molar-refractivity contribution is 6.32. The Bertz CT molecular complexity index is 677. The molecule has 0 fully saturated rings. The van der Waals surface area contributed by atoms with Crippen LogP contribution in [-0.2, 0) is 13.0 Å². The molecule has 0 atom stereocenters. The molecule has 5 heteroatoms. The number of hydrogen-bond donors (Lipinski definition) is 0. The Morgan fingerprint density at radius 3 is 2.71 bits per heavy atom. The van der Waals surface area contributed by atoms with Crippen LogP contribution in [0.1, 0.15) is 34.2 Å². The van der Waals surface area contributed by atoms with Gasteiger partial charge in [0.2, 0.25) is 0 Å². The molecule has 0 radical (unpaired) electrons. The number of ether oxygens (including phenoxy) is 1. The molecule has 0 aliphatic carbocycles. The van der Waals surface area contributed by atoms with Crippen LogP contribution in [-0.4, -0.2) is 22.7 Å². The lowest BCUT2D eigenvalue weighted by molar-refractivity contribution is 0.0987. The van der Waals surface area contributed by atoms with E-state index in [0.29, 0.717) is 22.9 Å². The third-order valence-electron chi connectivity index (χ3n) is 3.44. The third kappa shape index (κ3) is 3.10. The largest absolute Gasteiger partial charge is 0.496 e. The van der Waals surface area contributed by atoms with Gasteiger partial charge in [-0.1, -0.05) is 23.2 Å². The second-order valence-corrected chi connectivity index (χ2v) is 5.34. The fourth-order valence-corrected chi connectivity index (χ4v) is 2.53. The van der Waals surface area contributed by atoms with Gasteiger partial charge in [0.1, 0.15) is 5.75 Å². The fourth-order valence-electron chi connectivity index (χ4n) is 2.32. The number of ketones is 1. The highest BCUT2D eigenvalue weighted by atomic mass is 35.5. The molecule has 2 aromatic rings. The Morgan fingerprint density at radius 2 is 2.10 bits per heavy atom. The molecule has 112 valence electrons. The molecule has 0 unspecified atom stereocenters. The molecule has 0 spiro atoms. The van der Waals surface area contributed by atoms with Gasteiger partial charge in [-0.25, -0.2) is 0 Å². The van der Waals surface area contributed by atoms with Crippen molar-refractivity contribution in [2.45, 2.75) is 33.7 Å². The molecule has 4 nitrogen and oxygen atoms in total. The average Bonchev–Trinajstić information content (AvgIpc) is 2.74. The van der Waals surface area contributed by atoms with Crippen LogP contribution >= 0.6 is 11.6 Å². The normalized spacial score (nSPS) is 10.7. The molecule has 0 saturated heterocycles. The summed E-state index contributed by atoms with van der Waals surface area (Å²) in [6.07, 6.45) is 0.216. The summed E-state index contributed by atoms with van der Waals surface area (Å²) in [5.74, 6) is 0.563. The summed E-state index contributed by atoms with van der Waals surface area (Å²) in [6, 6.07) is 5.57. The van der Waals surface area contributed by atoms with Crippen molar-refractivity contribution >= 4 is 17.4 Å². The summed E-state index contributed by atoms with van der Waals surface area (Å²) >= 11 is 6.26. The molecule has 0 bridgehead atoms. The van der Waals surface area contributed by atoms with E-state index in [1.165, 1.54) is 0 Å². The van der Waals surface area contributed by atoms with Gasteiger partial charge in [-0.05, 0) is 32.9 Å². The van der Waals surface area contributed by atoms with E-state index in [9.17, 15) is 4.79 Å². The van der Waals surface area contributed by atoms with Crippen LogP contribution in [0.5, 0.6) is 5.75 Å². The van der Waals surface area contributed by atoms with Crippen molar-refractivity contribution in [3.8, 4) is 5.75 Å². The maximum atomic E-state index is 12.6. The van der Waals surface area contributed by atoms with Crippen molar-refractivity contribution in [1.29, 1.82) is 0 Å². The van der Waals surface area contributed by atoms with Crippen LogP contribution in [0, 0.1) is 13.8 Å². The number of halogens is 1. The number of nitrogens with zero attached hydrogens (tertiary/aromatic N) is 2. The minimum atomic E-state index is -0.0212. The second-order valence-electron chi connectivity index (χ2n) is 4.97. The van der Waals surface area contributed by atoms with Gasteiger partial charge >= 0.3 is 0 Å². The van der Waals surface area contributed by atoms with Gasteiger partial charge in [-0.2, -0.15) is 5.10 Å². The van der Waals surface area contributed by atoms with E-state index < -0.39 is 0 Å². The molecule has 0 N–H and O–H groups in total. The molecule has 0 aliphatic heterocycles. The zero-order chi connectivity index (χ0) is 15.6. The van der Waals surface area contributed by atoms with E-state index in [1.807, 2.05) is 39.0 Å². The number of hydrogen-bond acceptors (Lipinski definition) is 3. The predicted molar refractivity (Wildman–Crippen MR) is 83.4 cm³/mol. The monoisotopic (exact) mass is 306 g/mol. The molecule has 1 aromatic heterocycles. The van der Waals surface area contributed by atoms with Crippen LogP contribution in [0.2, 0.25) is 5.02 Å². The standard InChI is InChI=1S/C16H19ClN2O2/c1-5-19-13(16(17)11(3)18-19)9-14(20)12-8-10(2)6-7-15(12)21-4/h6-8H,5,9H2,1-4H3. The van der Waals surface area contributed by atoms with E-state index in [4.69, 9.17) is 16.3 Å². The second kappa shape index (κ2) is 6.31. The first-order valence-electron chi connectivity index (χ1n) is 6.87. The van der Waals surface area contributed by atoms with E-state index in [1.54, 1.807) is 11.8 Å². The van der Waals surface area contributed by atoms with Crippen LogP contribution < -0.4 is 4.74 Å². The number of carbonyl (C=O) groups is 1.